The summed E-state index contributed by atoms with van der Waals surface area (Å²) in [6, 6.07) is 7.97. The van der Waals surface area contributed by atoms with Crippen LogP contribution in [0, 0.1) is 0 Å². The van der Waals surface area contributed by atoms with Crippen LogP contribution in [0.1, 0.15) is 5.56 Å². The van der Waals surface area contributed by atoms with Crippen molar-refractivity contribution in [1.82, 2.24) is 10.4 Å². The normalized spacial score (nSPS) is 10.9. The van der Waals surface area contributed by atoms with E-state index in [2.05, 4.69) is 27.7 Å². The number of para-hydroxylation sites is 1. The third-order valence-corrected chi connectivity index (χ3v) is 2.09. The molecule has 0 fully saturated rings. The van der Waals surface area contributed by atoms with Crippen LogP contribution in [0.2, 0.25) is 0 Å². The minimum atomic E-state index is 0.157. The average Bonchev–Trinajstić information content (AvgIpc) is 2.65. The van der Waals surface area contributed by atoms with E-state index < -0.39 is 0 Å². The van der Waals surface area contributed by atoms with Crippen LogP contribution in [0.25, 0.3) is 10.9 Å². The monoisotopic (exact) mass is 218 g/mol. The Balaban J connectivity index is 2.31. The Labute approximate surface area is 92.2 Å². The molecule has 1 aromatic heterocycles. The summed E-state index contributed by atoms with van der Waals surface area (Å²) in [4.78, 5) is 3.14. The van der Waals surface area contributed by atoms with Crippen molar-refractivity contribution in [3.8, 4) is 0 Å². The number of thiocarbonyl (C=S) groups is 1. The van der Waals surface area contributed by atoms with Gasteiger partial charge in [-0.25, -0.2) is 0 Å². The summed E-state index contributed by atoms with van der Waals surface area (Å²) in [6.07, 6.45) is 3.57. The molecule has 76 valence electrons. The van der Waals surface area contributed by atoms with Crippen LogP contribution in [0.3, 0.4) is 0 Å². The van der Waals surface area contributed by atoms with Crippen molar-refractivity contribution >= 4 is 34.4 Å². The molecule has 2 aromatic rings. The standard InChI is InChI=1S/C10H10N4S/c11-10(15)14-13-6-8-3-1-2-7-4-5-12-9(7)8/h1-6,12H,(H3,11,14,15)/b13-6-. The first-order chi connectivity index (χ1) is 7.27. The topological polar surface area (TPSA) is 66.2 Å². The molecule has 1 heterocycles. The summed E-state index contributed by atoms with van der Waals surface area (Å²) in [7, 11) is 0. The fourth-order valence-electron chi connectivity index (χ4n) is 1.38. The highest BCUT2D eigenvalue weighted by molar-refractivity contribution is 7.80. The molecule has 0 aliphatic heterocycles. The van der Waals surface area contributed by atoms with E-state index in [0.29, 0.717) is 0 Å². The quantitative estimate of drug-likeness (QED) is 0.405. The minimum absolute atomic E-state index is 0.157. The first kappa shape index (κ1) is 9.67. The molecule has 0 saturated carbocycles. The number of nitrogens with two attached hydrogens (primary N) is 1. The molecule has 15 heavy (non-hydrogen) atoms. The largest absolute Gasteiger partial charge is 0.375 e. The molecular formula is C10H10N4S. The molecule has 0 amide bonds. The second kappa shape index (κ2) is 4.10. The second-order valence-electron chi connectivity index (χ2n) is 3.02. The number of H-pyrrole nitrogens is 1. The van der Waals surface area contributed by atoms with Gasteiger partial charge in [0, 0.05) is 17.1 Å². The van der Waals surface area contributed by atoms with Crippen molar-refractivity contribution in [2.75, 3.05) is 0 Å². The molecule has 4 nitrogen and oxygen atoms in total. The summed E-state index contributed by atoms with van der Waals surface area (Å²) < 4.78 is 0. The van der Waals surface area contributed by atoms with Gasteiger partial charge in [-0.05, 0) is 18.3 Å². The van der Waals surface area contributed by atoms with Gasteiger partial charge in [0.25, 0.3) is 0 Å². The first-order valence-corrected chi connectivity index (χ1v) is 4.83. The van der Waals surface area contributed by atoms with E-state index in [1.165, 1.54) is 0 Å². The summed E-state index contributed by atoms with van der Waals surface area (Å²) >= 11 is 4.64. The molecule has 0 radical (unpaired) electrons. The van der Waals surface area contributed by atoms with Crippen LogP contribution in [-0.2, 0) is 0 Å². The van der Waals surface area contributed by atoms with E-state index in [4.69, 9.17) is 5.73 Å². The Hall–Kier alpha value is -1.88. The molecule has 1 aromatic carbocycles. The lowest BCUT2D eigenvalue weighted by molar-refractivity contribution is 1.04. The maximum absolute atomic E-state index is 5.25. The van der Waals surface area contributed by atoms with Crippen LogP contribution in [0.15, 0.2) is 35.6 Å². The fourth-order valence-corrected chi connectivity index (χ4v) is 1.43. The van der Waals surface area contributed by atoms with Gasteiger partial charge < -0.3 is 10.7 Å². The zero-order valence-electron chi connectivity index (χ0n) is 7.90. The average molecular weight is 218 g/mol. The Morgan fingerprint density at radius 1 is 1.47 bits per heavy atom. The van der Waals surface area contributed by atoms with Crippen molar-refractivity contribution in [3.63, 3.8) is 0 Å². The van der Waals surface area contributed by atoms with E-state index in [0.717, 1.165) is 16.5 Å². The van der Waals surface area contributed by atoms with Gasteiger partial charge in [0.2, 0.25) is 0 Å². The molecule has 0 aliphatic rings. The minimum Gasteiger partial charge on any atom is -0.375 e. The number of rotatable bonds is 2. The number of aromatic amines is 1. The Kier molecular flexibility index (Phi) is 2.64. The lowest BCUT2D eigenvalue weighted by Crippen LogP contribution is -2.24. The Morgan fingerprint density at radius 3 is 3.13 bits per heavy atom. The van der Waals surface area contributed by atoms with Crippen molar-refractivity contribution in [1.29, 1.82) is 0 Å². The van der Waals surface area contributed by atoms with E-state index in [1.807, 2.05) is 30.5 Å². The van der Waals surface area contributed by atoms with Gasteiger partial charge in [-0.1, -0.05) is 18.2 Å². The van der Waals surface area contributed by atoms with E-state index in [-0.39, 0.29) is 5.11 Å². The number of nitrogens with zero attached hydrogens (tertiary/aromatic N) is 1. The van der Waals surface area contributed by atoms with Crippen molar-refractivity contribution in [3.05, 3.63) is 36.0 Å². The van der Waals surface area contributed by atoms with Gasteiger partial charge in [-0.2, -0.15) is 5.10 Å². The third-order valence-electron chi connectivity index (χ3n) is 2.00. The lowest BCUT2D eigenvalue weighted by Gasteiger charge is -1.97. The molecule has 0 saturated heterocycles. The number of aromatic nitrogens is 1. The SMILES string of the molecule is NC(=S)N/N=C\c1cccc2cc[nH]c12. The van der Waals surface area contributed by atoms with Crippen LogP contribution in [0.4, 0.5) is 0 Å². The Morgan fingerprint density at radius 2 is 2.33 bits per heavy atom. The van der Waals surface area contributed by atoms with Crippen LogP contribution in [-0.4, -0.2) is 16.3 Å². The predicted octanol–water partition coefficient (Wildman–Crippen LogP) is 1.33. The molecule has 0 spiro atoms. The summed E-state index contributed by atoms with van der Waals surface area (Å²) in [5.41, 5.74) is 9.80. The van der Waals surface area contributed by atoms with Crippen LogP contribution >= 0.6 is 12.2 Å². The van der Waals surface area contributed by atoms with Crippen molar-refractivity contribution in [2.24, 2.45) is 10.8 Å². The molecule has 0 unspecified atom stereocenters. The highest BCUT2D eigenvalue weighted by Gasteiger charge is 1.97. The summed E-state index contributed by atoms with van der Waals surface area (Å²) in [5.74, 6) is 0. The molecule has 0 bridgehead atoms. The zero-order valence-corrected chi connectivity index (χ0v) is 8.71. The van der Waals surface area contributed by atoms with E-state index in [1.54, 1.807) is 6.21 Å². The number of hydrazone groups is 1. The third kappa shape index (κ3) is 2.13. The van der Waals surface area contributed by atoms with Gasteiger partial charge in [0.15, 0.2) is 5.11 Å². The predicted molar refractivity (Wildman–Crippen MR) is 65.8 cm³/mol. The van der Waals surface area contributed by atoms with Gasteiger partial charge in [0.05, 0.1) is 11.7 Å². The maximum atomic E-state index is 5.25. The number of benzene rings is 1. The lowest BCUT2D eigenvalue weighted by atomic mass is 10.2. The Bertz CT molecular complexity index is 515. The first-order valence-electron chi connectivity index (χ1n) is 4.42. The number of nitrogens with one attached hydrogen (secondary N) is 2. The summed E-state index contributed by atoms with van der Waals surface area (Å²) in [6.45, 7) is 0. The maximum Gasteiger partial charge on any atom is 0.184 e. The zero-order chi connectivity index (χ0) is 10.7. The van der Waals surface area contributed by atoms with Gasteiger partial charge >= 0.3 is 0 Å². The number of fused-ring (bicyclic) bond motifs is 1. The second-order valence-corrected chi connectivity index (χ2v) is 3.46. The number of hydrogen-bond acceptors (Lipinski definition) is 2. The van der Waals surface area contributed by atoms with Crippen molar-refractivity contribution < 1.29 is 0 Å². The molecule has 0 aliphatic carbocycles. The highest BCUT2D eigenvalue weighted by Crippen LogP contribution is 2.14. The highest BCUT2D eigenvalue weighted by atomic mass is 32.1. The van der Waals surface area contributed by atoms with Gasteiger partial charge in [-0.15, -0.1) is 0 Å². The molecule has 5 heteroatoms. The molecule has 0 atom stereocenters. The molecular weight excluding hydrogens is 208 g/mol. The smallest absolute Gasteiger partial charge is 0.184 e. The van der Waals surface area contributed by atoms with Crippen molar-refractivity contribution in [2.45, 2.75) is 0 Å². The molecule has 4 N–H and O–H groups in total. The van der Waals surface area contributed by atoms with Gasteiger partial charge in [-0.3, -0.25) is 5.43 Å². The van der Waals surface area contributed by atoms with E-state index >= 15 is 0 Å². The van der Waals surface area contributed by atoms with Gasteiger partial charge in [0.1, 0.15) is 0 Å². The van der Waals surface area contributed by atoms with E-state index in [9.17, 15) is 0 Å². The summed E-state index contributed by atoms with van der Waals surface area (Å²) in [5, 5.41) is 5.21. The fraction of sp³-hybridized carbons (Fsp3) is 0. The number of hydrogen-bond donors (Lipinski definition) is 3. The molecule has 2 rings (SSSR count). The van der Waals surface area contributed by atoms with Crippen LogP contribution in [0.5, 0.6) is 0 Å². The van der Waals surface area contributed by atoms with Crippen LogP contribution < -0.4 is 11.2 Å².